The molecule has 17 heavy (non-hydrogen) atoms. The molecule has 94 valence electrons. The van der Waals surface area contributed by atoms with Gasteiger partial charge in [-0.3, -0.25) is 4.79 Å². The van der Waals surface area contributed by atoms with Crippen LogP contribution in [0.4, 0.5) is 0 Å². The minimum atomic E-state index is -0.915. The summed E-state index contributed by atoms with van der Waals surface area (Å²) in [5, 5.41) is 9.26. The molecule has 0 N–H and O–H groups in total. The van der Waals surface area contributed by atoms with Crippen molar-refractivity contribution in [2.75, 3.05) is 6.61 Å². The van der Waals surface area contributed by atoms with Crippen LogP contribution in [-0.4, -0.2) is 17.5 Å². The number of allylic oxidation sites excluding steroid dienone is 1. The molecule has 0 aromatic rings. The van der Waals surface area contributed by atoms with E-state index in [0.717, 1.165) is 12.0 Å². The van der Waals surface area contributed by atoms with Gasteiger partial charge in [-0.25, -0.2) is 0 Å². The molecule has 0 aromatic carbocycles. The summed E-state index contributed by atoms with van der Waals surface area (Å²) in [5.74, 6) is -0.316. The fourth-order valence-corrected chi connectivity index (χ4v) is 2.48. The number of nitrogens with zero attached hydrogens (tertiary/aromatic N) is 1. The normalized spacial score (nSPS) is 27.5. The van der Waals surface area contributed by atoms with E-state index in [1.807, 2.05) is 20.8 Å². The second-order valence-corrected chi connectivity index (χ2v) is 5.72. The second kappa shape index (κ2) is 4.70. The Morgan fingerprint density at radius 2 is 2.18 bits per heavy atom. The van der Waals surface area contributed by atoms with E-state index < -0.39 is 10.3 Å². The van der Waals surface area contributed by atoms with Crippen molar-refractivity contribution in [3.63, 3.8) is 0 Å². The number of carbonyl (C=O) groups excluding carboxylic acids is 1. The molecule has 1 aliphatic rings. The minimum absolute atomic E-state index is 0.227. The number of carbonyl (C=O) groups is 1. The maximum Gasteiger partial charge on any atom is 0.302 e. The van der Waals surface area contributed by atoms with Gasteiger partial charge in [-0.1, -0.05) is 19.4 Å². The van der Waals surface area contributed by atoms with Crippen LogP contribution in [0.2, 0.25) is 0 Å². The molecule has 0 amide bonds. The first-order chi connectivity index (χ1) is 7.74. The molecule has 0 aliphatic heterocycles. The van der Waals surface area contributed by atoms with Crippen molar-refractivity contribution in [2.24, 2.45) is 5.41 Å². The van der Waals surface area contributed by atoms with Crippen LogP contribution in [0.5, 0.6) is 0 Å². The number of nitriles is 1. The molecule has 3 nitrogen and oxygen atoms in total. The Morgan fingerprint density at radius 1 is 1.59 bits per heavy atom. The number of halogens is 1. The zero-order chi connectivity index (χ0) is 13.3. The van der Waals surface area contributed by atoms with Crippen molar-refractivity contribution in [2.45, 2.75) is 45.4 Å². The first-order valence-electron chi connectivity index (χ1n) is 5.67. The fraction of sp³-hybridized carbons (Fsp3) is 0.692. The summed E-state index contributed by atoms with van der Waals surface area (Å²) in [5.41, 5.74) is 1.65. The maximum atomic E-state index is 10.9. The molecule has 0 spiro atoms. The van der Waals surface area contributed by atoms with Gasteiger partial charge in [0.25, 0.3) is 0 Å². The molecular formula is C13H18ClNO2. The summed E-state index contributed by atoms with van der Waals surface area (Å²) in [4.78, 5) is 9.98. The van der Waals surface area contributed by atoms with Gasteiger partial charge in [0.1, 0.15) is 11.5 Å². The lowest BCUT2D eigenvalue weighted by molar-refractivity contribution is -0.140. The minimum Gasteiger partial charge on any atom is -0.461 e. The van der Waals surface area contributed by atoms with Crippen LogP contribution < -0.4 is 0 Å². The van der Waals surface area contributed by atoms with Crippen LogP contribution in [0.1, 0.15) is 40.5 Å². The van der Waals surface area contributed by atoms with Crippen LogP contribution in [0.15, 0.2) is 11.1 Å². The predicted molar refractivity (Wildman–Crippen MR) is 66.5 cm³/mol. The highest BCUT2D eigenvalue weighted by atomic mass is 35.5. The quantitative estimate of drug-likeness (QED) is 0.433. The molecule has 0 aromatic heterocycles. The average molecular weight is 256 g/mol. The van der Waals surface area contributed by atoms with E-state index in [-0.39, 0.29) is 12.6 Å². The SMILES string of the molecule is CC(=O)OCC1=C(C)CCC(Cl)(C#N)C1(C)C. The van der Waals surface area contributed by atoms with E-state index in [2.05, 4.69) is 6.07 Å². The largest absolute Gasteiger partial charge is 0.461 e. The summed E-state index contributed by atoms with van der Waals surface area (Å²) >= 11 is 6.39. The lowest BCUT2D eigenvalue weighted by atomic mass is 9.65. The fourth-order valence-electron chi connectivity index (χ4n) is 2.27. The topological polar surface area (TPSA) is 50.1 Å². The third-order valence-corrected chi connectivity index (χ3v) is 4.45. The number of alkyl halides is 1. The van der Waals surface area contributed by atoms with Gasteiger partial charge in [-0.2, -0.15) is 5.26 Å². The van der Waals surface area contributed by atoms with E-state index >= 15 is 0 Å². The molecule has 0 saturated carbocycles. The monoisotopic (exact) mass is 255 g/mol. The van der Waals surface area contributed by atoms with Crippen LogP contribution in [-0.2, 0) is 9.53 Å². The highest BCUT2D eigenvalue weighted by Gasteiger charge is 2.49. The van der Waals surface area contributed by atoms with Gasteiger partial charge in [-0.05, 0) is 25.3 Å². The molecule has 0 heterocycles. The summed E-state index contributed by atoms with van der Waals surface area (Å²) in [6, 6.07) is 2.20. The molecule has 0 fully saturated rings. The molecular weight excluding hydrogens is 238 g/mol. The van der Waals surface area contributed by atoms with E-state index in [4.69, 9.17) is 16.3 Å². The van der Waals surface area contributed by atoms with E-state index in [9.17, 15) is 10.1 Å². The molecule has 1 unspecified atom stereocenters. The molecule has 0 bridgehead atoms. The lowest BCUT2D eigenvalue weighted by Crippen LogP contribution is -2.44. The Morgan fingerprint density at radius 3 is 2.65 bits per heavy atom. The summed E-state index contributed by atoms with van der Waals surface area (Å²) < 4.78 is 5.06. The third-order valence-electron chi connectivity index (χ3n) is 3.70. The highest BCUT2D eigenvalue weighted by molar-refractivity contribution is 6.26. The Balaban J connectivity index is 3.07. The third kappa shape index (κ3) is 2.47. The smallest absolute Gasteiger partial charge is 0.302 e. The number of hydrogen-bond donors (Lipinski definition) is 0. The van der Waals surface area contributed by atoms with Crippen molar-refractivity contribution in [3.05, 3.63) is 11.1 Å². The van der Waals surface area contributed by atoms with Gasteiger partial charge in [0.15, 0.2) is 0 Å². The molecule has 0 radical (unpaired) electrons. The Bertz CT molecular complexity index is 406. The van der Waals surface area contributed by atoms with Crippen LogP contribution >= 0.6 is 11.6 Å². The molecule has 1 rings (SSSR count). The van der Waals surface area contributed by atoms with Gasteiger partial charge in [-0.15, -0.1) is 11.6 Å². The maximum absolute atomic E-state index is 10.9. The standard InChI is InChI=1S/C13H18ClNO2/c1-9-5-6-13(14,8-15)12(3,4)11(9)7-17-10(2)16/h5-7H2,1-4H3. The van der Waals surface area contributed by atoms with Gasteiger partial charge >= 0.3 is 5.97 Å². The van der Waals surface area contributed by atoms with Crippen molar-refractivity contribution < 1.29 is 9.53 Å². The average Bonchev–Trinajstić information content (AvgIpc) is 2.23. The van der Waals surface area contributed by atoms with Gasteiger partial charge in [0.05, 0.1) is 6.07 Å². The molecule has 4 heteroatoms. The molecule has 1 atom stereocenters. The van der Waals surface area contributed by atoms with Gasteiger partial charge < -0.3 is 4.74 Å². The number of esters is 1. The Kier molecular flexibility index (Phi) is 3.88. The summed E-state index contributed by atoms with van der Waals surface area (Å²) in [7, 11) is 0. The molecule has 0 saturated heterocycles. The zero-order valence-corrected chi connectivity index (χ0v) is 11.5. The molecule has 1 aliphatic carbocycles. The van der Waals surface area contributed by atoms with E-state index in [0.29, 0.717) is 6.42 Å². The lowest BCUT2D eigenvalue weighted by Gasteiger charge is -2.43. The number of rotatable bonds is 2. The zero-order valence-electron chi connectivity index (χ0n) is 10.8. The number of ether oxygens (including phenoxy) is 1. The van der Waals surface area contributed by atoms with E-state index in [1.165, 1.54) is 12.5 Å². The predicted octanol–water partition coefficient (Wildman–Crippen LogP) is 3.19. The first kappa shape index (κ1) is 14.1. The summed E-state index contributed by atoms with van der Waals surface area (Å²) in [6.07, 6.45) is 1.41. The van der Waals surface area contributed by atoms with Crippen molar-refractivity contribution in [3.8, 4) is 6.07 Å². The number of hydrogen-bond acceptors (Lipinski definition) is 3. The van der Waals surface area contributed by atoms with Gasteiger partial charge in [0, 0.05) is 12.3 Å². The summed E-state index contributed by atoms with van der Waals surface area (Å²) in [6.45, 7) is 7.48. The van der Waals surface area contributed by atoms with Crippen LogP contribution in [0.3, 0.4) is 0 Å². The Hall–Kier alpha value is -1.01. The van der Waals surface area contributed by atoms with Crippen molar-refractivity contribution in [1.29, 1.82) is 5.26 Å². The van der Waals surface area contributed by atoms with Crippen molar-refractivity contribution in [1.82, 2.24) is 0 Å². The van der Waals surface area contributed by atoms with Gasteiger partial charge in [0.2, 0.25) is 0 Å². The Labute approximate surface area is 107 Å². The van der Waals surface area contributed by atoms with Crippen molar-refractivity contribution >= 4 is 17.6 Å². The second-order valence-electron chi connectivity index (χ2n) is 5.08. The van der Waals surface area contributed by atoms with Crippen LogP contribution in [0, 0.1) is 16.7 Å². The first-order valence-corrected chi connectivity index (χ1v) is 6.05. The van der Waals surface area contributed by atoms with E-state index in [1.54, 1.807) is 0 Å². The van der Waals surface area contributed by atoms with Crippen LogP contribution in [0.25, 0.3) is 0 Å². The highest BCUT2D eigenvalue weighted by Crippen LogP contribution is 2.50.